The summed E-state index contributed by atoms with van der Waals surface area (Å²) in [6.07, 6.45) is -1.58. The van der Waals surface area contributed by atoms with Gasteiger partial charge in [0.25, 0.3) is 0 Å². The lowest BCUT2D eigenvalue weighted by molar-refractivity contribution is -0.106. The van der Waals surface area contributed by atoms with Crippen LogP contribution in [0.15, 0.2) is 0 Å². The van der Waals surface area contributed by atoms with E-state index in [0.29, 0.717) is 0 Å². The topological polar surface area (TPSA) is 86.2 Å². The fourth-order valence-electron chi connectivity index (χ4n) is 0. The number of nitrogens with two attached hydrogens (primary N) is 2. The van der Waals surface area contributed by atoms with Gasteiger partial charge in [0.2, 0.25) is 6.41 Å². The van der Waals surface area contributed by atoms with Gasteiger partial charge >= 0.3 is 6.16 Å². The SMILES string of the molecule is NC(=O)F.NC=O. The summed E-state index contributed by atoms with van der Waals surface area (Å²) in [6.45, 7) is 0. The lowest BCUT2D eigenvalue weighted by Gasteiger charge is -1.54. The Hall–Kier alpha value is -1.13. The highest BCUT2D eigenvalue weighted by atomic mass is 19.1. The largest absolute Gasteiger partial charge is 0.394 e. The molecular formula is C2H5FN2O2. The monoisotopic (exact) mass is 108 g/mol. The summed E-state index contributed by atoms with van der Waals surface area (Å²) in [5, 5.41) is 0. The highest BCUT2D eigenvalue weighted by Gasteiger charge is 1.69. The Morgan fingerprint density at radius 3 is 1.71 bits per heavy atom. The molecule has 42 valence electrons. The van der Waals surface area contributed by atoms with E-state index in [9.17, 15) is 4.39 Å². The maximum Gasteiger partial charge on any atom is 0.394 e. The van der Waals surface area contributed by atoms with Gasteiger partial charge in [0.15, 0.2) is 0 Å². The molecule has 0 spiro atoms. The van der Waals surface area contributed by atoms with Gasteiger partial charge in [-0.3, -0.25) is 4.79 Å². The minimum atomic E-state index is -1.83. The fourth-order valence-corrected chi connectivity index (χ4v) is 0. The van der Waals surface area contributed by atoms with E-state index >= 15 is 0 Å². The minimum Gasteiger partial charge on any atom is -0.372 e. The van der Waals surface area contributed by atoms with Crippen molar-refractivity contribution in [1.29, 1.82) is 0 Å². The second-order valence-corrected chi connectivity index (χ2v) is 0.440. The van der Waals surface area contributed by atoms with E-state index in [0.717, 1.165) is 0 Å². The van der Waals surface area contributed by atoms with E-state index in [-0.39, 0.29) is 6.41 Å². The van der Waals surface area contributed by atoms with Gasteiger partial charge in [0.1, 0.15) is 0 Å². The third-order valence-corrected chi connectivity index (χ3v) is 0. The first-order valence-electron chi connectivity index (χ1n) is 1.25. The van der Waals surface area contributed by atoms with Crippen LogP contribution in [-0.4, -0.2) is 12.6 Å². The van der Waals surface area contributed by atoms with Crippen LogP contribution in [0.25, 0.3) is 0 Å². The summed E-state index contributed by atoms with van der Waals surface area (Å²) < 4.78 is 10.1. The Balaban J connectivity index is 0. The van der Waals surface area contributed by atoms with E-state index in [1.165, 1.54) is 0 Å². The number of rotatable bonds is 0. The molecule has 7 heavy (non-hydrogen) atoms. The molecule has 0 heterocycles. The van der Waals surface area contributed by atoms with E-state index in [2.05, 4.69) is 11.5 Å². The second-order valence-electron chi connectivity index (χ2n) is 0.440. The molecule has 0 saturated heterocycles. The molecule has 5 heteroatoms. The van der Waals surface area contributed by atoms with Crippen molar-refractivity contribution < 1.29 is 14.0 Å². The molecule has 0 aromatic heterocycles. The van der Waals surface area contributed by atoms with Crippen LogP contribution in [0.4, 0.5) is 9.18 Å². The lowest BCUT2D eigenvalue weighted by Crippen LogP contribution is -1.96. The van der Waals surface area contributed by atoms with Crippen molar-refractivity contribution in [2.45, 2.75) is 0 Å². The van der Waals surface area contributed by atoms with Gasteiger partial charge < -0.3 is 11.5 Å². The van der Waals surface area contributed by atoms with E-state index in [1.807, 2.05) is 0 Å². The number of carbonyl (C=O) groups is 2. The molecule has 0 aliphatic heterocycles. The van der Waals surface area contributed by atoms with Crippen LogP contribution in [0.2, 0.25) is 0 Å². The molecule has 0 aromatic rings. The minimum absolute atomic E-state index is 0.250. The highest BCUT2D eigenvalue weighted by molar-refractivity contribution is 5.62. The zero-order chi connectivity index (χ0) is 6.28. The zero-order valence-corrected chi connectivity index (χ0v) is 3.43. The molecule has 4 nitrogen and oxygen atoms in total. The standard InChI is InChI=1S/CH2FNO.CH3NO/c2-1(3)4;2-1-3/h(H2,3,4);1H,(H2,2,3). The van der Waals surface area contributed by atoms with Crippen molar-refractivity contribution in [3.63, 3.8) is 0 Å². The molecule has 0 unspecified atom stereocenters. The first-order chi connectivity index (χ1) is 3.15. The molecule has 0 radical (unpaired) electrons. The Bertz CT molecular complexity index is 60.7. The predicted octanol–water partition coefficient (Wildman–Crippen LogP) is -0.864. The molecule has 0 rings (SSSR count). The molecule has 0 aliphatic carbocycles. The highest BCUT2D eigenvalue weighted by Crippen LogP contribution is 1.52. The fraction of sp³-hybridized carbons (Fsp3) is 0. The number of hydrogen-bond acceptors (Lipinski definition) is 2. The molecule has 0 aromatic carbocycles. The molecule has 0 atom stereocenters. The summed E-state index contributed by atoms with van der Waals surface area (Å²) in [7, 11) is 0. The number of carbonyl (C=O) groups excluding carboxylic acids is 2. The summed E-state index contributed by atoms with van der Waals surface area (Å²) in [4.78, 5) is 17.1. The Morgan fingerprint density at radius 1 is 1.71 bits per heavy atom. The van der Waals surface area contributed by atoms with Crippen molar-refractivity contribution >= 4 is 12.6 Å². The van der Waals surface area contributed by atoms with Crippen LogP contribution in [-0.2, 0) is 4.79 Å². The third kappa shape index (κ3) is 31.4. The normalized spacial score (nSPS) is 5.29. The average molecular weight is 108 g/mol. The van der Waals surface area contributed by atoms with Gasteiger partial charge in [0, 0.05) is 0 Å². The van der Waals surface area contributed by atoms with E-state index < -0.39 is 6.16 Å². The van der Waals surface area contributed by atoms with Crippen LogP contribution in [0.1, 0.15) is 0 Å². The first-order valence-corrected chi connectivity index (χ1v) is 1.25. The molecule has 0 aliphatic rings. The van der Waals surface area contributed by atoms with Crippen molar-refractivity contribution in [2.24, 2.45) is 11.5 Å². The number of halogens is 1. The number of hydrogen-bond donors (Lipinski definition) is 2. The van der Waals surface area contributed by atoms with Crippen LogP contribution < -0.4 is 11.5 Å². The van der Waals surface area contributed by atoms with Gasteiger partial charge in [-0.15, -0.1) is 4.39 Å². The molecule has 4 N–H and O–H groups in total. The summed E-state index contributed by atoms with van der Waals surface area (Å²) in [5.74, 6) is 0. The third-order valence-electron chi connectivity index (χ3n) is 0. The van der Waals surface area contributed by atoms with Crippen LogP contribution in [0.3, 0.4) is 0 Å². The zero-order valence-electron chi connectivity index (χ0n) is 3.43. The smallest absolute Gasteiger partial charge is 0.372 e. The predicted molar refractivity (Wildman–Crippen MR) is 20.9 cm³/mol. The van der Waals surface area contributed by atoms with Crippen LogP contribution >= 0.6 is 0 Å². The molecule has 0 saturated carbocycles. The van der Waals surface area contributed by atoms with Gasteiger partial charge in [-0.2, -0.15) is 0 Å². The van der Waals surface area contributed by atoms with Crippen molar-refractivity contribution in [3.8, 4) is 0 Å². The quantitative estimate of drug-likeness (QED) is 0.240. The van der Waals surface area contributed by atoms with Crippen molar-refractivity contribution in [2.75, 3.05) is 0 Å². The summed E-state index contributed by atoms with van der Waals surface area (Å²) in [5.41, 5.74) is 7.97. The first kappa shape index (κ1) is 9.30. The van der Waals surface area contributed by atoms with Gasteiger partial charge in [-0.25, -0.2) is 4.79 Å². The van der Waals surface area contributed by atoms with Crippen molar-refractivity contribution in [3.05, 3.63) is 0 Å². The van der Waals surface area contributed by atoms with E-state index in [1.54, 1.807) is 0 Å². The average Bonchev–Trinajstić information content (AvgIpc) is 1.33. The summed E-state index contributed by atoms with van der Waals surface area (Å²) in [6, 6.07) is 0. The number of primary amides is 2. The van der Waals surface area contributed by atoms with Gasteiger partial charge in [0.05, 0.1) is 0 Å². The number of amides is 2. The summed E-state index contributed by atoms with van der Waals surface area (Å²) >= 11 is 0. The molecule has 2 amide bonds. The lowest BCUT2D eigenvalue weighted by atomic mass is 11.4. The van der Waals surface area contributed by atoms with E-state index in [4.69, 9.17) is 9.59 Å². The molecule has 0 bridgehead atoms. The Kier molecular flexibility index (Phi) is 11.8. The van der Waals surface area contributed by atoms with Crippen LogP contribution in [0.5, 0.6) is 0 Å². The van der Waals surface area contributed by atoms with Gasteiger partial charge in [-0.1, -0.05) is 0 Å². The molecular weight excluding hydrogens is 103 g/mol. The van der Waals surface area contributed by atoms with Crippen molar-refractivity contribution in [1.82, 2.24) is 0 Å². The Labute approximate surface area is 39.3 Å². The molecule has 0 fully saturated rings. The maximum atomic E-state index is 10.1. The van der Waals surface area contributed by atoms with Gasteiger partial charge in [-0.05, 0) is 0 Å². The second kappa shape index (κ2) is 8.85. The Morgan fingerprint density at radius 2 is 1.71 bits per heavy atom. The maximum absolute atomic E-state index is 10.1. The van der Waals surface area contributed by atoms with Crippen LogP contribution in [0, 0.1) is 0 Å².